The Hall–Kier alpha value is -6.04. The summed E-state index contributed by atoms with van der Waals surface area (Å²) in [5.74, 6) is 2.12. The van der Waals surface area contributed by atoms with E-state index in [1.807, 2.05) is 23.9 Å². The predicted molar refractivity (Wildman–Crippen MR) is 214 cm³/mol. The summed E-state index contributed by atoms with van der Waals surface area (Å²) in [5, 5.41) is 6.99. The lowest BCUT2D eigenvalue weighted by molar-refractivity contribution is 0.669. The van der Waals surface area contributed by atoms with E-state index in [0.717, 1.165) is 67.6 Å². The fraction of sp³-hybridized carbons (Fsp3) is 0.0851. The van der Waals surface area contributed by atoms with E-state index in [1.165, 1.54) is 27.0 Å². The molecule has 3 aliphatic rings. The van der Waals surface area contributed by atoms with Crippen LogP contribution >= 0.6 is 11.8 Å². The van der Waals surface area contributed by atoms with E-state index in [4.69, 9.17) is 19.4 Å². The van der Waals surface area contributed by atoms with Gasteiger partial charge < -0.3 is 4.42 Å². The largest absolute Gasteiger partial charge is 0.456 e. The van der Waals surface area contributed by atoms with Crippen LogP contribution in [0.4, 0.5) is 0 Å². The molecule has 0 N–H and O–H groups in total. The summed E-state index contributed by atoms with van der Waals surface area (Å²) < 4.78 is 6.50. The molecule has 4 nitrogen and oxygen atoms in total. The van der Waals surface area contributed by atoms with Gasteiger partial charge in [0.05, 0.1) is 0 Å². The summed E-state index contributed by atoms with van der Waals surface area (Å²) in [4.78, 5) is 17.4. The van der Waals surface area contributed by atoms with E-state index in [9.17, 15) is 0 Å². The molecule has 0 fully saturated rings. The predicted octanol–water partition coefficient (Wildman–Crippen LogP) is 12.3. The van der Waals surface area contributed by atoms with Crippen molar-refractivity contribution in [1.29, 1.82) is 0 Å². The zero-order valence-corrected chi connectivity index (χ0v) is 29.0. The molecule has 0 spiro atoms. The Kier molecular flexibility index (Phi) is 6.71. The monoisotopic (exact) mass is 685 g/mol. The SMILES string of the molecule is C1=CC(C2=CC3Sc4ccccc4C3C(c3nc(-c4ccc5ccccc5c4)nc(-c4cc5oc6ccccc6c5c5ccccc45)n3)=C2)=CCC1. The van der Waals surface area contributed by atoms with Crippen LogP contribution in [0.3, 0.4) is 0 Å². The standard InChI is InChI=1S/C47H31N3OS/c1-2-12-28(13-3-1)32-25-38(44-36-19-9-11-21-41(36)52-42(44)26-32)47-49-45(31-23-22-29-14-4-5-15-30(29)24-31)48-46(50-47)37-27-40-43(34-17-7-6-16-33(34)37)35-18-8-10-20-39(35)51-40/h2,4-27,42,44H,1,3H2. The first kappa shape index (κ1) is 29.7. The Labute approximate surface area is 305 Å². The van der Waals surface area contributed by atoms with Crippen molar-refractivity contribution in [2.45, 2.75) is 28.9 Å². The van der Waals surface area contributed by atoms with Gasteiger partial charge in [-0.15, -0.1) is 11.8 Å². The van der Waals surface area contributed by atoms with E-state index in [0.29, 0.717) is 17.5 Å². The van der Waals surface area contributed by atoms with Crippen molar-refractivity contribution in [3.05, 3.63) is 174 Å². The Morgan fingerprint density at radius 2 is 1.38 bits per heavy atom. The van der Waals surface area contributed by atoms with Crippen molar-refractivity contribution >= 4 is 60.8 Å². The van der Waals surface area contributed by atoms with Gasteiger partial charge in [0.15, 0.2) is 17.5 Å². The van der Waals surface area contributed by atoms with Crippen LogP contribution in [-0.2, 0) is 0 Å². The minimum Gasteiger partial charge on any atom is -0.456 e. The molecule has 2 unspecified atom stereocenters. The average Bonchev–Trinajstić information content (AvgIpc) is 3.79. The number of para-hydroxylation sites is 1. The zero-order chi connectivity index (χ0) is 34.2. The highest BCUT2D eigenvalue weighted by Gasteiger charge is 2.39. The maximum Gasteiger partial charge on any atom is 0.164 e. The van der Waals surface area contributed by atoms with Gasteiger partial charge in [-0.05, 0) is 81.4 Å². The second-order valence-corrected chi connectivity index (χ2v) is 15.0. The van der Waals surface area contributed by atoms with Crippen LogP contribution < -0.4 is 0 Å². The normalized spacial score (nSPS) is 18.0. The lowest BCUT2D eigenvalue weighted by Crippen LogP contribution is -2.17. The van der Waals surface area contributed by atoms with E-state index >= 15 is 0 Å². The van der Waals surface area contributed by atoms with E-state index in [-0.39, 0.29) is 11.2 Å². The third-order valence-corrected chi connectivity index (χ3v) is 12.0. The molecule has 246 valence electrons. The summed E-state index contributed by atoms with van der Waals surface area (Å²) in [6.07, 6.45) is 13.8. The number of fused-ring (bicyclic) bond motifs is 9. The summed E-state index contributed by atoms with van der Waals surface area (Å²) >= 11 is 1.94. The molecule has 52 heavy (non-hydrogen) atoms. The number of furan rings is 1. The molecule has 3 heterocycles. The van der Waals surface area contributed by atoms with Gasteiger partial charge in [-0.25, -0.2) is 15.0 Å². The van der Waals surface area contributed by atoms with Crippen molar-refractivity contribution in [3.63, 3.8) is 0 Å². The highest BCUT2D eigenvalue weighted by Crippen LogP contribution is 2.54. The number of benzene rings is 6. The van der Waals surface area contributed by atoms with Gasteiger partial charge in [-0.1, -0.05) is 121 Å². The number of aromatic nitrogens is 3. The third kappa shape index (κ3) is 4.73. The third-order valence-electron chi connectivity index (χ3n) is 10.7. The van der Waals surface area contributed by atoms with Crippen molar-refractivity contribution < 1.29 is 4.42 Å². The van der Waals surface area contributed by atoms with Gasteiger partial charge in [0.25, 0.3) is 0 Å². The molecule has 1 aliphatic heterocycles. The van der Waals surface area contributed by atoms with Crippen molar-refractivity contribution in [2.75, 3.05) is 0 Å². The number of nitrogens with zero attached hydrogens (tertiary/aromatic N) is 3. The summed E-state index contributed by atoms with van der Waals surface area (Å²) in [6.45, 7) is 0. The molecule has 2 atom stereocenters. The van der Waals surface area contributed by atoms with Crippen LogP contribution in [0.1, 0.15) is 30.1 Å². The van der Waals surface area contributed by atoms with Gasteiger partial charge >= 0.3 is 0 Å². The topological polar surface area (TPSA) is 51.8 Å². The first-order valence-corrected chi connectivity index (χ1v) is 18.8. The van der Waals surface area contributed by atoms with E-state index < -0.39 is 0 Å². The molecule has 0 saturated heterocycles. The number of rotatable bonds is 4. The number of hydrogen-bond acceptors (Lipinski definition) is 5. The first-order chi connectivity index (χ1) is 25.7. The fourth-order valence-electron chi connectivity index (χ4n) is 8.26. The van der Waals surface area contributed by atoms with Gasteiger partial charge in [0.2, 0.25) is 0 Å². The van der Waals surface area contributed by atoms with Crippen molar-refractivity contribution in [1.82, 2.24) is 15.0 Å². The lowest BCUT2D eigenvalue weighted by Gasteiger charge is -2.26. The van der Waals surface area contributed by atoms with Crippen LogP contribution in [-0.4, -0.2) is 20.2 Å². The summed E-state index contributed by atoms with van der Waals surface area (Å²) in [6, 6.07) is 42.7. The number of allylic oxidation sites excluding steroid dienone is 7. The second kappa shape index (κ2) is 11.8. The minimum atomic E-state index is 0.118. The number of hydrogen-bond donors (Lipinski definition) is 0. The lowest BCUT2D eigenvalue weighted by atomic mass is 9.80. The molecular formula is C47H31N3OS. The van der Waals surface area contributed by atoms with Gasteiger partial charge in [0, 0.05) is 43.5 Å². The van der Waals surface area contributed by atoms with Crippen LogP contribution in [0, 0.1) is 0 Å². The van der Waals surface area contributed by atoms with Gasteiger partial charge in [-0.3, -0.25) is 0 Å². The first-order valence-electron chi connectivity index (χ1n) is 17.9. The molecule has 11 rings (SSSR count). The summed E-state index contributed by atoms with van der Waals surface area (Å²) in [5.41, 5.74) is 8.53. The summed E-state index contributed by atoms with van der Waals surface area (Å²) in [7, 11) is 0. The Balaban J connectivity index is 1.19. The van der Waals surface area contributed by atoms with Crippen LogP contribution in [0.15, 0.2) is 172 Å². The van der Waals surface area contributed by atoms with Crippen molar-refractivity contribution in [2.24, 2.45) is 0 Å². The van der Waals surface area contributed by atoms with E-state index in [1.54, 1.807) is 0 Å². The molecule has 0 saturated carbocycles. The van der Waals surface area contributed by atoms with Crippen molar-refractivity contribution in [3.8, 4) is 22.8 Å². The zero-order valence-electron chi connectivity index (χ0n) is 28.2. The smallest absolute Gasteiger partial charge is 0.164 e. The molecule has 6 aromatic carbocycles. The molecule has 2 aromatic heterocycles. The molecule has 2 aliphatic carbocycles. The number of thioether (sulfide) groups is 1. The van der Waals surface area contributed by atoms with Gasteiger partial charge in [-0.2, -0.15) is 0 Å². The average molecular weight is 686 g/mol. The maximum absolute atomic E-state index is 6.50. The molecule has 0 bridgehead atoms. The molecular weight excluding hydrogens is 655 g/mol. The van der Waals surface area contributed by atoms with Crippen LogP contribution in [0.2, 0.25) is 0 Å². The minimum absolute atomic E-state index is 0.118. The van der Waals surface area contributed by atoms with Crippen LogP contribution in [0.5, 0.6) is 0 Å². The van der Waals surface area contributed by atoms with Crippen LogP contribution in [0.25, 0.3) is 71.8 Å². The highest BCUT2D eigenvalue weighted by molar-refractivity contribution is 8.00. The maximum atomic E-state index is 6.50. The fourth-order valence-corrected chi connectivity index (χ4v) is 9.69. The molecule has 8 aromatic rings. The molecule has 5 heteroatoms. The van der Waals surface area contributed by atoms with Gasteiger partial charge in [0.1, 0.15) is 11.2 Å². The Morgan fingerprint density at radius 3 is 2.29 bits per heavy atom. The quantitative estimate of drug-likeness (QED) is 0.185. The molecule has 0 amide bonds. The Bertz CT molecular complexity index is 2910. The van der Waals surface area contributed by atoms with E-state index in [2.05, 4.69) is 140 Å². The Morgan fingerprint density at radius 1 is 0.615 bits per heavy atom. The molecule has 0 radical (unpaired) electrons. The second-order valence-electron chi connectivity index (χ2n) is 13.8. The highest BCUT2D eigenvalue weighted by atomic mass is 32.2.